The average Bonchev–Trinajstić information content (AvgIpc) is 3.26. The lowest BCUT2D eigenvalue weighted by Gasteiger charge is -2.11. The second kappa shape index (κ2) is 9.63. The molecule has 144 valence electrons. The molecule has 3 rings (SSSR count). The summed E-state index contributed by atoms with van der Waals surface area (Å²) in [5, 5.41) is 18.9. The quantitative estimate of drug-likeness (QED) is 0.516. The van der Waals surface area contributed by atoms with Crippen molar-refractivity contribution in [3.8, 4) is 0 Å². The van der Waals surface area contributed by atoms with Crippen LogP contribution in [-0.4, -0.2) is 52.9 Å². The van der Waals surface area contributed by atoms with Gasteiger partial charge in [-0.05, 0) is 18.4 Å². The third kappa shape index (κ3) is 5.88. The smallest absolute Gasteiger partial charge is 0.305 e. The van der Waals surface area contributed by atoms with Crippen LogP contribution in [-0.2, 0) is 25.7 Å². The number of ether oxygens (including phenoxy) is 2. The number of amides is 1. The molecule has 0 aliphatic carbocycles. The number of carboxylic acids is 1. The Morgan fingerprint density at radius 1 is 1.44 bits per heavy atom. The van der Waals surface area contributed by atoms with Crippen LogP contribution in [0.4, 0.5) is 0 Å². The minimum absolute atomic E-state index is 0.180. The number of nitrogens with one attached hydrogen (secondary N) is 1. The minimum atomic E-state index is -1.02. The Kier molecular flexibility index (Phi) is 6.97. The molecular weight excluding hydrogens is 370 g/mol. The van der Waals surface area contributed by atoms with Crippen molar-refractivity contribution in [1.82, 2.24) is 5.32 Å². The van der Waals surface area contributed by atoms with Crippen LogP contribution < -0.4 is 5.32 Å². The van der Waals surface area contributed by atoms with Crippen LogP contribution in [0.1, 0.15) is 30.4 Å². The number of hydrogen-bond acceptors (Lipinski definition) is 7. The van der Waals surface area contributed by atoms with Gasteiger partial charge in [0, 0.05) is 12.2 Å². The molecule has 0 bridgehead atoms. The highest BCUT2D eigenvalue weighted by atomic mass is 32.2. The number of nitrogens with zero attached hydrogens (tertiary/aromatic N) is 2. The largest absolute Gasteiger partial charge is 0.481 e. The van der Waals surface area contributed by atoms with E-state index in [-0.39, 0.29) is 18.4 Å². The fourth-order valence-electron chi connectivity index (χ4n) is 2.76. The summed E-state index contributed by atoms with van der Waals surface area (Å²) >= 11 is 1.07. The predicted octanol–water partition coefficient (Wildman–Crippen LogP) is 1.78. The number of benzene rings is 1. The molecule has 1 amide bonds. The summed E-state index contributed by atoms with van der Waals surface area (Å²) in [6, 6.07) is 7.69. The Hall–Kier alpha value is -2.23. The Balaban J connectivity index is 1.55. The monoisotopic (exact) mass is 391 g/mol. The van der Waals surface area contributed by atoms with Crippen molar-refractivity contribution in [1.29, 1.82) is 0 Å². The van der Waals surface area contributed by atoms with Crippen LogP contribution in [0.2, 0.25) is 0 Å². The van der Waals surface area contributed by atoms with Crippen molar-refractivity contribution in [2.45, 2.75) is 37.2 Å². The van der Waals surface area contributed by atoms with Crippen molar-refractivity contribution in [2.24, 2.45) is 10.2 Å². The zero-order chi connectivity index (χ0) is 19.1. The van der Waals surface area contributed by atoms with Crippen molar-refractivity contribution in [2.75, 3.05) is 13.2 Å². The number of hydrogen-bond donors (Lipinski definition) is 2. The average molecular weight is 391 g/mol. The van der Waals surface area contributed by atoms with Gasteiger partial charge in [0.25, 0.3) is 0 Å². The minimum Gasteiger partial charge on any atom is -0.481 e. The molecule has 1 aromatic carbocycles. The number of carboxylic acid groups (broad SMARTS) is 1. The summed E-state index contributed by atoms with van der Waals surface area (Å²) in [4.78, 5) is 22.4. The van der Waals surface area contributed by atoms with Gasteiger partial charge in [0.05, 0.1) is 32.0 Å². The summed E-state index contributed by atoms with van der Waals surface area (Å²) < 4.78 is 11.3. The first kappa shape index (κ1) is 19.5. The summed E-state index contributed by atoms with van der Waals surface area (Å²) in [6.45, 7) is 1.83. The number of carbonyl (C=O) groups is 2. The molecule has 2 aliphatic rings. The topological polar surface area (TPSA) is 110 Å². The van der Waals surface area contributed by atoms with Gasteiger partial charge >= 0.3 is 5.97 Å². The zero-order valence-corrected chi connectivity index (χ0v) is 15.5. The lowest BCUT2D eigenvalue weighted by Crippen LogP contribution is -2.26. The van der Waals surface area contributed by atoms with Crippen LogP contribution in [0, 0.1) is 0 Å². The number of aliphatic carboxylic acids is 1. The van der Waals surface area contributed by atoms with Gasteiger partial charge in [-0.25, -0.2) is 0 Å². The van der Waals surface area contributed by atoms with E-state index < -0.39 is 11.2 Å². The lowest BCUT2D eigenvalue weighted by atomic mass is 10.1. The summed E-state index contributed by atoms with van der Waals surface area (Å²) in [5.74, 6) is -1.39. The molecule has 0 spiro atoms. The molecule has 1 aromatic rings. The SMILES string of the molecule is O=C(O)CC1SC(=NN=Cc2ccccc2COCC2CCCO2)NC1=O. The molecule has 2 atom stereocenters. The van der Waals surface area contributed by atoms with E-state index in [4.69, 9.17) is 14.6 Å². The normalized spacial score (nSPS) is 24.0. The summed E-state index contributed by atoms with van der Waals surface area (Å²) in [6.07, 6.45) is 3.64. The van der Waals surface area contributed by atoms with Crippen LogP contribution in [0.5, 0.6) is 0 Å². The highest BCUT2D eigenvalue weighted by molar-refractivity contribution is 8.15. The van der Waals surface area contributed by atoms with E-state index in [0.717, 1.165) is 42.3 Å². The molecule has 2 saturated heterocycles. The summed E-state index contributed by atoms with van der Waals surface area (Å²) in [5.41, 5.74) is 1.84. The first-order valence-electron chi connectivity index (χ1n) is 8.69. The van der Waals surface area contributed by atoms with Crippen LogP contribution in [0.25, 0.3) is 0 Å². The highest BCUT2D eigenvalue weighted by Crippen LogP contribution is 2.22. The van der Waals surface area contributed by atoms with Crippen molar-refractivity contribution >= 4 is 35.0 Å². The van der Waals surface area contributed by atoms with Gasteiger partial charge in [0.15, 0.2) is 5.17 Å². The molecule has 27 heavy (non-hydrogen) atoms. The maximum atomic E-state index is 11.7. The molecule has 2 heterocycles. The number of thioether (sulfide) groups is 1. The molecule has 8 nitrogen and oxygen atoms in total. The molecule has 0 radical (unpaired) electrons. The van der Waals surface area contributed by atoms with Crippen LogP contribution in [0.15, 0.2) is 34.5 Å². The fraction of sp³-hybridized carbons (Fsp3) is 0.444. The standard InChI is InChI=1S/C18H21N3O5S/c22-16(23)8-15-17(24)20-18(27-15)21-19-9-12-4-1-2-5-13(12)10-25-11-14-6-3-7-26-14/h1-2,4-5,9,14-15H,3,6-8,10-11H2,(H,22,23)(H,20,21,24). The highest BCUT2D eigenvalue weighted by Gasteiger charge is 2.32. The molecule has 9 heteroatoms. The lowest BCUT2D eigenvalue weighted by molar-refractivity contribution is -0.138. The number of amidine groups is 1. The third-order valence-electron chi connectivity index (χ3n) is 4.12. The maximum Gasteiger partial charge on any atom is 0.305 e. The molecule has 2 aliphatic heterocycles. The van der Waals surface area contributed by atoms with Crippen LogP contribution in [0.3, 0.4) is 0 Å². The van der Waals surface area contributed by atoms with E-state index in [9.17, 15) is 9.59 Å². The van der Waals surface area contributed by atoms with Gasteiger partial charge in [0.2, 0.25) is 5.91 Å². The first-order valence-corrected chi connectivity index (χ1v) is 9.57. The third-order valence-corrected chi connectivity index (χ3v) is 5.19. The second-order valence-corrected chi connectivity index (χ2v) is 7.38. The number of rotatable bonds is 8. The van der Waals surface area contributed by atoms with E-state index in [1.807, 2.05) is 24.3 Å². The van der Waals surface area contributed by atoms with E-state index in [1.165, 1.54) is 0 Å². The molecule has 0 saturated carbocycles. The Morgan fingerprint density at radius 3 is 3.07 bits per heavy atom. The molecule has 2 fully saturated rings. The van der Waals surface area contributed by atoms with Gasteiger partial charge < -0.3 is 19.9 Å². The van der Waals surface area contributed by atoms with Crippen molar-refractivity contribution in [3.05, 3.63) is 35.4 Å². The Labute approximate surface area is 161 Å². The van der Waals surface area contributed by atoms with Gasteiger partial charge in [-0.2, -0.15) is 5.10 Å². The Bertz CT molecular complexity index is 746. The molecule has 2 N–H and O–H groups in total. The summed E-state index contributed by atoms with van der Waals surface area (Å²) in [7, 11) is 0. The van der Waals surface area contributed by atoms with E-state index in [1.54, 1.807) is 6.21 Å². The Morgan fingerprint density at radius 2 is 2.30 bits per heavy atom. The second-order valence-electron chi connectivity index (χ2n) is 6.19. The van der Waals surface area contributed by atoms with E-state index in [2.05, 4.69) is 15.5 Å². The van der Waals surface area contributed by atoms with Crippen LogP contribution >= 0.6 is 11.8 Å². The van der Waals surface area contributed by atoms with Gasteiger partial charge in [-0.15, -0.1) is 5.10 Å². The van der Waals surface area contributed by atoms with Crippen molar-refractivity contribution < 1.29 is 24.2 Å². The zero-order valence-electron chi connectivity index (χ0n) is 14.7. The van der Waals surface area contributed by atoms with Gasteiger partial charge in [-0.3, -0.25) is 9.59 Å². The van der Waals surface area contributed by atoms with E-state index in [0.29, 0.717) is 18.4 Å². The van der Waals surface area contributed by atoms with Gasteiger partial charge in [0.1, 0.15) is 5.25 Å². The van der Waals surface area contributed by atoms with Crippen molar-refractivity contribution in [3.63, 3.8) is 0 Å². The predicted molar refractivity (Wildman–Crippen MR) is 102 cm³/mol. The maximum absolute atomic E-state index is 11.7. The number of carbonyl (C=O) groups excluding carboxylic acids is 1. The molecule has 0 aromatic heterocycles. The van der Waals surface area contributed by atoms with E-state index >= 15 is 0 Å². The fourth-order valence-corrected chi connectivity index (χ4v) is 3.67. The molecular formula is C18H21N3O5S. The first-order chi connectivity index (χ1) is 13.1. The van der Waals surface area contributed by atoms with Gasteiger partial charge in [-0.1, -0.05) is 36.0 Å². The molecule has 2 unspecified atom stereocenters.